The number of carbonyl (C=O) groups excluding carboxylic acids is 2. The number of anilines is 1. The van der Waals surface area contributed by atoms with E-state index < -0.39 is 21.8 Å². The molecule has 1 aliphatic heterocycles. The molecule has 1 aliphatic rings. The Bertz CT molecular complexity index is 948. The molecule has 8 heteroatoms. The molecule has 1 saturated heterocycles. The van der Waals surface area contributed by atoms with Gasteiger partial charge < -0.3 is 10.6 Å². The maximum atomic E-state index is 12.5. The van der Waals surface area contributed by atoms with Gasteiger partial charge >= 0.3 is 11.8 Å². The summed E-state index contributed by atoms with van der Waals surface area (Å²) < 4.78 is 26.4. The van der Waals surface area contributed by atoms with Crippen LogP contribution in [0.1, 0.15) is 24.0 Å². The normalized spacial score (nSPS) is 14.6. The van der Waals surface area contributed by atoms with Crippen molar-refractivity contribution in [3.8, 4) is 0 Å². The maximum Gasteiger partial charge on any atom is 0.313 e. The third-order valence-corrected chi connectivity index (χ3v) is 6.51. The summed E-state index contributed by atoms with van der Waals surface area (Å²) in [5, 5.41) is 5.03. The van der Waals surface area contributed by atoms with Crippen LogP contribution in [0.4, 0.5) is 5.69 Å². The van der Waals surface area contributed by atoms with E-state index in [4.69, 9.17) is 0 Å². The van der Waals surface area contributed by atoms with Crippen LogP contribution >= 0.6 is 0 Å². The van der Waals surface area contributed by atoms with Crippen LogP contribution in [0.5, 0.6) is 0 Å². The molecule has 0 bridgehead atoms. The Morgan fingerprint density at radius 1 is 0.929 bits per heavy atom. The van der Waals surface area contributed by atoms with Gasteiger partial charge in [0.05, 0.1) is 4.90 Å². The van der Waals surface area contributed by atoms with E-state index in [1.807, 2.05) is 31.2 Å². The quantitative estimate of drug-likeness (QED) is 0.750. The zero-order valence-corrected chi connectivity index (χ0v) is 16.5. The molecule has 0 unspecified atom stereocenters. The highest BCUT2D eigenvalue weighted by atomic mass is 32.2. The Morgan fingerprint density at radius 3 is 2.14 bits per heavy atom. The monoisotopic (exact) mass is 401 g/mol. The van der Waals surface area contributed by atoms with Gasteiger partial charge in [0.15, 0.2) is 0 Å². The number of sulfonamides is 1. The fraction of sp³-hybridized carbons (Fsp3) is 0.300. The molecule has 2 N–H and O–H groups in total. The predicted octanol–water partition coefficient (Wildman–Crippen LogP) is 2.03. The van der Waals surface area contributed by atoms with Gasteiger partial charge in [-0.3, -0.25) is 9.59 Å². The fourth-order valence-corrected chi connectivity index (χ4v) is 4.46. The molecule has 2 amide bonds. The van der Waals surface area contributed by atoms with Crippen molar-refractivity contribution in [1.82, 2.24) is 9.62 Å². The summed E-state index contributed by atoms with van der Waals surface area (Å²) in [5.41, 5.74) is 2.36. The number of amides is 2. The molecule has 0 saturated carbocycles. The average molecular weight is 401 g/mol. The standard InChI is InChI=1S/C20H23N3O4S/c1-15-4-6-16(7-5-15)14-21-19(24)20(25)22-17-8-10-18(11-9-17)28(26,27)23-12-2-3-13-23/h4-11H,2-3,12-14H2,1H3,(H,21,24)(H,22,25). The van der Waals surface area contributed by atoms with E-state index in [9.17, 15) is 18.0 Å². The van der Waals surface area contributed by atoms with Gasteiger partial charge in [-0.25, -0.2) is 8.42 Å². The first-order valence-corrected chi connectivity index (χ1v) is 10.6. The van der Waals surface area contributed by atoms with Gasteiger partial charge in [0.25, 0.3) is 0 Å². The Labute approximate surface area is 164 Å². The average Bonchev–Trinajstić information content (AvgIpc) is 3.23. The second kappa shape index (κ2) is 8.53. The summed E-state index contributed by atoms with van der Waals surface area (Å²) in [6, 6.07) is 13.5. The Kier molecular flexibility index (Phi) is 6.11. The van der Waals surface area contributed by atoms with Crippen LogP contribution in [0, 0.1) is 6.92 Å². The molecule has 0 atom stereocenters. The van der Waals surface area contributed by atoms with Gasteiger partial charge in [-0.15, -0.1) is 0 Å². The van der Waals surface area contributed by atoms with E-state index >= 15 is 0 Å². The third-order valence-electron chi connectivity index (χ3n) is 4.59. The van der Waals surface area contributed by atoms with Crippen LogP contribution in [-0.2, 0) is 26.2 Å². The molecule has 1 fully saturated rings. The molecule has 2 aromatic carbocycles. The van der Waals surface area contributed by atoms with Crippen molar-refractivity contribution >= 4 is 27.5 Å². The molecule has 0 spiro atoms. The van der Waals surface area contributed by atoms with Crippen molar-refractivity contribution in [1.29, 1.82) is 0 Å². The van der Waals surface area contributed by atoms with E-state index in [2.05, 4.69) is 10.6 Å². The SMILES string of the molecule is Cc1ccc(CNC(=O)C(=O)Nc2ccc(S(=O)(=O)N3CCCC3)cc2)cc1. The van der Waals surface area contributed by atoms with Crippen LogP contribution in [0.3, 0.4) is 0 Å². The lowest BCUT2D eigenvalue weighted by Gasteiger charge is -2.15. The maximum absolute atomic E-state index is 12.5. The molecule has 1 heterocycles. The summed E-state index contributed by atoms with van der Waals surface area (Å²) in [6.45, 7) is 3.28. The molecule has 28 heavy (non-hydrogen) atoms. The zero-order valence-electron chi connectivity index (χ0n) is 15.6. The van der Waals surface area contributed by atoms with Gasteiger partial charge in [0.1, 0.15) is 0 Å². The summed E-state index contributed by atoms with van der Waals surface area (Å²) in [6.07, 6.45) is 1.73. The lowest BCUT2D eigenvalue weighted by atomic mass is 10.1. The number of aryl methyl sites for hydroxylation is 1. The van der Waals surface area contributed by atoms with Crippen molar-refractivity contribution < 1.29 is 18.0 Å². The Morgan fingerprint density at radius 2 is 1.54 bits per heavy atom. The molecular weight excluding hydrogens is 378 g/mol. The topological polar surface area (TPSA) is 95.6 Å². The minimum atomic E-state index is -3.50. The number of hydrogen-bond acceptors (Lipinski definition) is 4. The molecule has 0 aliphatic carbocycles. The molecule has 3 rings (SSSR count). The highest BCUT2D eigenvalue weighted by Crippen LogP contribution is 2.22. The zero-order chi connectivity index (χ0) is 20.1. The minimum Gasteiger partial charge on any atom is -0.344 e. The lowest BCUT2D eigenvalue weighted by Crippen LogP contribution is -2.35. The van der Waals surface area contributed by atoms with Crippen LogP contribution < -0.4 is 10.6 Å². The summed E-state index contributed by atoms with van der Waals surface area (Å²) in [5.74, 6) is -1.56. The van der Waals surface area contributed by atoms with Crippen LogP contribution in [0.25, 0.3) is 0 Å². The largest absolute Gasteiger partial charge is 0.344 e. The van der Waals surface area contributed by atoms with Gasteiger partial charge in [-0.05, 0) is 49.6 Å². The first-order valence-electron chi connectivity index (χ1n) is 9.11. The van der Waals surface area contributed by atoms with E-state index in [1.165, 1.54) is 28.6 Å². The third kappa shape index (κ3) is 4.76. The second-order valence-electron chi connectivity index (χ2n) is 6.76. The first kappa shape index (κ1) is 20.0. The fourth-order valence-electron chi connectivity index (χ4n) is 2.94. The predicted molar refractivity (Wildman–Crippen MR) is 106 cm³/mol. The molecular formula is C20H23N3O4S. The van der Waals surface area contributed by atoms with Gasteiger partial charge in [-0.2, -0.15) is 4.31 Å². The first-order chi connectivity index (χ1) is 13.4. The van der Waals surface area contributed by atoms with Crippen molar-refractivity contribution in [3.05, 3.63) is 59.7 Å². The van der Waals surface area contributed by atoms with E-state index in [1.54, 1.807) is 0 Å². The number of carbonyl (C=O) groups is 2. The van der Waals surface area contributed by atoms with Crippen molar-refractivity contribution in [2.45, 2.75) is 31.2 Å². The highest BCUT2D eigenvalue weighted by Gasteiger charge is 2.27. The van der Waals surface area contributed by atoms with E-state index in [-0.39, 0.29) is 11.4 Å². The van der Waals surface area contributed by atoms with Crippen LogP contribution in [0.15, 0.2) is 53.4 Å². The second-order valence-corrected chi connectivity index (χ2v) is 8.70. The molecule has 7 nitrogen and oxygen atoms in total. The Hall–Kier alpha value is -2.71. The number of hydrogen-bond donors (Lipinski definition) is 2. The summed E-state index contributed by atoms with van der Waals surface area (Å²) in [7, 11) is -3.50. The number of rotatable bonds is 5. The van der Waals surface area contributed by atoms with Gasteiger partial charge in [-0.1, -0.05) is 29.8 Å². The van der Waals surface area contributed by atoms with E-state index in [0.29, 0.717) is 18.8 Å². The number of benzene rings is 2. The minimum absolute atomic E-state index is 0.177. The van der Waals surface area contributed by atoms with E-state index in [0.717, 1.165) is 24.0 Å². The molecule has 148 valence electrons. The van der Waals surface area contributed by atoms with Gasteiger partial charge in [0, 0.05) is 25.3 Å². The van der Waals surface area contributed by atoms with Crippen molar-refractivity contribution in [2.75, 3.05) is 18.4 Å². The highest BCUT2D eigenvalue weighted by molar-refractivity contribution is 7.89. The number of nitrogens with one attached hydrogen (secondary N) is 2. The van der Waals surface area contributed by atoms with Gasteiger partial charge in [0.2, 0.25) is 10.0 Å². The number of nitrogens with zero attached hydrogens (tertiary/aromatic N) is 1. The summed E-state index contributed by atoms with van der Waals surface area (Å²) >= 11 is 0. The van der Waals surface area contributed by atoms with Crippen LogP contribution in [0.2, 0.25) is 0 Å². The smallest absolute Gasteiger partial charge is 0.313 e. The van der Waals surface area contributed by atoms with Crippen LogP contribution in [-0.4, -0.2) is 37.6 Å². The Balaban J connectivity index is 1.56. The van der Waals surface area contributed by atoms with Crippen molar-refractivity contribution in [2.24, 2.45) is 0 Å². The lowest BCUT2D eigenvalue weighted by molar-refractivity contribution is -0.136. The molecule has 2 aromatic rings. The van der Waals surface area contributed by atoms with Crippen molar-refractivity contribution in [3.63, 3.8) is 0 Å². The molecule has 0 radical (unpaired) electrons. The summed E-state index contributed by atoms with van der Waals surface area (Å²) in [4.78, 5) is 24.2. The molecule has 0 aromatic heterocycles.